The molecule has 0 saturated heterocycles. The third-order valence-corrected chi connectivity index (χ3v) is 4.72. The molecular formula is C23H25N3O6. The molecule has 0 saturated carbocycles. The van der Waals surface area contributed by atoms with E-state index in [1.54, 1.807) is 44.2 Å². The lowest BCUT2D eigenvalue weighted by Gasteiger charge is -2.29. The van der Waals surface area contributed by atoms with E-state index in [-0.39, 0.29) is 19.1 Å². The first-order valence-electron chi connectivity index (χ1n) is 10.0. The number of hydrogen-bond donors (Lipinski definition) is 3. The number of esters is 1. The maximum Gasteiger partial charge on any atom is 0.344 e. The minimum atomic E-state index is -0.722. The molecule has 1 aliphatic heterocycles. The van der Waals surface area contributed by atoms with Crippen LogP contribution < -0.4 is 25.4 Å². The summed E-state index contributed by atoms with van der Waals surface area (Å²) < 4.78 is 15.7. The second kappa shape index (κ2) is 10.3. The lowest BCUT2D eigenvalue weighted by atomic mass is 9.94. The highest BCUT2D eigenvalue weighted by Crippen LogP contribution is 2.34. The Morgan fingerprint density at radius 3 is 2.53 bits per heavy atom. The second-order valence-electron chi connectivity index (χ2n) is 6.89. The van der Waals surface area contributed by atoms with E-state index in [0.29, 0.717) is 34.0 Å². The third-order valence-electron chi connectivity index (χ3n) is 4.72. The van der Waals surface area contributed by atoms with E-state index in [9.17, 15) is 14.4 Å². The fourth-order valence-electron chi connectivity index (χ4n) is 3.29. The van der Waals surface area contributed by atoms with Crippen LogP contribution in [0.15, 0.2) is 59.8 Å². The fourth-order valence-corrected chi connectivity index (χ4v) is 3.29. The monoisotopic (exact) mass is 439 g/mol. The van der Waals surface area contributed by atoms with Gasteiger partial charge in [0.1, 0.15) is 0 Å². The average Bonchev–Trinajstić information content (AvgIpc) is 2.77. The number of anilines is 1. The lowest BCUT2D eigenvalue weighted by molar-refractivity contribution is -0.145. The van der Waals surface area contributed by atoms with E-state index in [0.717, 1.165) is 0 Å². The molecule has 32 heavy (non-hydrogen) atoms. The number of ether oxygens (including phenoxy) is 3. The molecule has 2 aromatic carbocycles. The summed E-state index contributed by atoms with van der Waals surface area (Å²) >= 11 is 0. The first kappa shape index (κ1) is 22.7. The van der Waals surface area contributed by atoms with Crippen LogP contribution in [0.25, 0.3) is 0 Å². The van der Waals surface area contributed by atoms with Crippen LogP contribution in [0.5, 0.6) is 11.5 Å². The molecule has 2 aromatic rings. The number of allylic oxidation sites excluding steroid dienone is 1. The molecule has 3 rings (SSSR count). The highest BCUT2D eigenvalue weighted by atomic mass is 16.6. The predicted molar refractivity (Wildman–Crippen MR) is 117 cm³/mol. The van der Waals surface area contributed by atoms with Crippen molar-refractivity contribution in [2.75, 3.05) is 25.6 Å². The Labute approximate surface area is 185 Å². The molecule has 0 fully saturated rings. The highest BCUT2D eigenvalue weighted by molar-refractivity contribution is 6.06. The Bertz CT molecular complexity index is 1040. The zero-order valence-corrected chi connectivity index (χ0v) is 18.1. The number of carbonyl (C=O) groups is 3. The number of amides is 3. The zero-order chi connectivity index (χ0) is 23.1. The first-order valence-corrected chi connectivity index (χ1v) is 10.0. The number of benzene rings is 2. The Balaban J connectivity index is 1.87. The molecule has 1 atom stereocenters. The minimum absolute atomic E-state index is 0.257. The molecular weight excluding hydrogens is 414 g/mol. The summed E-state index contributed by atoms with van der Waals surface area (Å²) in [7, 11) is 1.46. The normalized spacial score (nSPS) is 15.3. The van der Waals surface area contributed by atoms with E-state index >= 15 is 0 Å². The molecule has 0 radical (unpaired) electrons. The van der Waals surface area contributed by atoms with Crippen LogP contribution in [0.4, 0.5) is 10.5 Å². The van der Waals surface area contributed by atoms with Crippen LogP contribution in [0.2, 0.25) is 0 Å². The van der Waals surface area contributed by atoms with Gasteiger partial charge in [-0.25, -0.2) is 9.59 Å². The highest BCUT2D eigenvalue weighted by Gasteiger charge is 2.32. The topological polar surface area (TPSA) is 115 Å². The van der Waals surface area contributed by atoms with Gasteiger partial charge in [0.25, 0.3) is 5.91 Å². The molecule has 0 unspecified atom stereocenters. The summed E-state index contributed by atoms with van der Waals surface area (Å²) in [4.78, 5) is 36.8. The largest absolute Gasteiger partial charge is 0.493 e. The predicted octanol–water partition coefficient (Wildman–Crippen LogP) is 2.90. The van der Waals surface area contributed by atoms with Gasteiger partial charge in [-0.1, -0.05) is 24.3 Å². The summed E-state index contributed by atoms with van der Waals surface area (Å²) in [5.41, 5.74) is 2.04. The van der Waals surface area contributed by atoms with E-state index < -0.39 is 18.0 Å². The number of hydrogen-bond acceptors (Lipinski definition) is 6. The summed E-state index contributed by atoms with van der Waals surface area (Å²) in [6.45, 7) is 3.37. The Hall–Kier alpha value is -4.01. The van der Waals surface area contributed by atoms with Gasteiger partial charge < -0.3 is 30.2 Å². The second-order valence-corrected chi connectivity index (χ2v) is 6.89. The molecule has 1 heterocycles. The molecule has 0 spiro atoms. The van der Waals surface area contributed by atoms with Gasteiger partial charge >= 0.3 is 12.0 Å². The van der Waals surface area contributed by atoms with Crippen LogP contribution in [0.3, 0.4) is 0 Å². The number of nitrogens with one attached hydrogen (secondary N) is 3. The van der Waals surface area contributed by atoms with Crippen molar-refractivity contribution in [3.63, 3.8) is 0 Å². The summed E-state index contributed by atoms with van der Waals surface area (Å²) in [5, 5.41) is 8.27. The van der Waals surface area contributed by atoms with Crippen LogP contribution in [-0.4, -0.2) is 38.2 Å². The number of rotatable bonds is 8. The van der Waals surface area contributed by atoms with Crippen LogP contribution in [0, 0.1) is 0 Å². The van der Waals surface area contributed by atoms with Crippen molar-refractivity contribution in [1.82, 2.24) is 10.6 Å². The molecule has 0 bridgehead atoms. The van der Waals surface area contributed by atoms with Gasteiger partial charge in [-0.05, 0) is 43.7 Å². The lowest BCUT2D eigenvalue weighted by Crippen LogP contribution is -2.46. The van der Waals surface area contributed by atoms with Gasteiger partial charge in [-0.3, -0.25) is 4.79 Å². The fraction of sp³-hybridized carbons (Fsp3) is 0.261. The molecule has 3 N–H and O–H groups in total. The first-order chi connectivity index (χ1) is 15.4. The number of methoxy groups -OCH3 is 1. The zero-order valence-electron chi connectivity index (χ0n) is 18.1. The third kappa shape index (κ3) is 5.37. The smallest absolute Gasteiger partial charge is 0.344 e. The van der Waals surface area contributed by atoms with Crippen molar-refractivity contribution in [2.24, 2.45) is 0 Å². The van der Waals surface area contributed by atoms with E-state index in [1.807, 2.05) is 18.2 Å². The van der Waals surface area contributed by atoms with Gasteiger partial charge in [0.2, 0.25) is 0 Å². The van der Waals surface area contributed by atoms with Crippen molar-refractivity contribution < 1.29 is 28.6 Å². The van der Waals surface area contributed by atoms with Gasteiger partial charge in [0.05, 0.1) is 25.3 Å². The quantitative estimate of drug-likeness (QED) is 0.545. The van der Waals surface area contributed by atoms with Gasteiger partial charge in [0, 0.05) is 11.4 Å². The molecule has 9 heteroatoms. The molecule has 1 aliphatic rings. The SMILES string of the molecule is CCOC(=O)COc1ccc([C@H]2NC(=O)NC(C)=C2C(=O)Nc2ccccc2)cc1OC. The summed E-state index contributed by atoms with van der Waals surface area (Å²) in [5.74, 6) is -0.170. The number of urea groups is 1. The summed E-state index contributed by atoms with van der Waals surface area (Å²) in [6, 6.07) is 12.8. The molecule has 0 aliphatic carbocycles. The average molecular weight is 439 g/mol. The van der Waals surface area contributed by atoms with Crippen LogP contribution in [-0.2, 0) is 14.3 Å². The van der Waals surface area contributed by atoms with Gasteiger partial charge in [-0.2, -0.15) is 0 Å². The van der Waals surface area contributed by atoms with Crippen molar-refractivity contribution in [1.29, 1.82) is 0 Å². The molecule has 0 aromatic heterocycles. The van der Waals surface area contributed by atoms with E-state index in [1.165, 1.54) is 7.11 Å². The van der Waals surface area contributed by atoms with Crippen LogP contribution >= 0.6 is 0 Å². The van der Waals surface area contributed by atoms with Crippen molar-refractivity contribution in [2.45, 2.75) is 19.9 Å². The molecule has 168 valence electrons. The Morgan fingerprint density at radius 2 is 1.84 bits per heavy atom. The van der Waals surface area contributed by atoms with Crippen LogP contribution in [0.1, 0.15) is 25.5 Å². The maximum absolute atomic E-state index is 13.1. The van der Waals surface area contributed by atoms with E-state index in [2.05, 4.69) is 16.0 Å². The molecule has 3 amide bonds. The standard InChI is InChI=1S/C23H25N3O6/c1-4-31-19(27)13-32-17-11-10-15(12-18(17)30-3)21-20(14(2)24-23(29)26-21)22(28)25-16-8-6-5-7-9-16/h5-12,21H,4,13H2,1-3H3,(H,25,28)(H2,24,26,29)/t21-/m1/s1. The summed E-state index contributed by atoms with van der Waals surface area (Å²) in [6.07, 6.45) is 0. The number of carbonyl (C=O) groups excluding carboxylic acids is 3. The number of para-hydroxylation sites is 1. The molecule has 9 nitrogen and oxygen atoms in total. The Kier molecular flexibility index (Phi) is 7.33. The minimum Gasteiger partial charge on any atom is -0.493 e. The van der Waals surface area contributed by atoms with Crippen molar-refractivity contribution in [3.05, 3.63) is 65.4 Å². The van der Waals surface area contributed by atoms with Crippen molar-refractivity contribution >= 4 is 23.6 Å². The van der Waals surface area contributed by atoms with Gasteiger partial charge in [-0.15, -0.1) is 0 Å². The maximum atomic E-state index is 13.1. The van der Waals surface area contributed by atoms with Crippen molar-refractivity contribution in [3.8, 4) is 11.5 Å². The van der Waals surface area contributed by atoms with Gasteiger partial charge in [0.15, 0.2) is 18.1 Å². The van der Waals surface area contributed by atoms with E-state index in [4.69, 9.17) is 14.2 Å². The Morgan fingerprint density at radius 1 is 1.09 bits per heavy atom.